The summed E-state index contributed by atoms with van der Waals surface area (Å²) in [6.07, 6.45) is 0.143. The van der Waals surface area contributed by atoms with E-state index in [-0.39, 0.29) is 0 Å². The van der Waals surface area contributed by atoms with Crippen molar-refractivity contribution in [3.05, 3.63) is 0 Å². The summed E-state index contributed by atoms with van der Waals surface area (Å²) in [4.78, 5) is 0. The second-order valence-electron chi connectivity index (χ2n) is 2.01. The normalized spacial score (nSPS) is 21.7. The van der Waals surface area contributed by atoms with Gasteiger partial charge in [-0.3, -0.25) is 0 Å². The molecule has 10 heavy (non-hydrogen) atoms. The van der Waals surface area contributed by atoms with E-state index in [9.17, 15) is 8.42 Å². The smallest absolute Gasteiger partial charge is 0.202 e. The third-order valence-electron chi connectivity index (χ3n) is 0.981. The van der Waals surface area contributed by atoms with Crippen LogP contribution in [0.25, 0.3) is 0 Å². The number of sulfone groups is 1. The summed E-state index contributed by atoms with van der Waals surface area (Å²) < 4.78 is 20.5. The molecule has 0 spiro atoms. The highest BCUT2D eigenvalue weighted by Gasteiger charge is 2.39. The van der Waals surface area contributed by atoms with Gasteiger partial charge in [0.2, 0.25) is 1.66 Å². The van der Waals surface area contributed by atoms with E-state index >= 15 is 0 Å². The minimum atomic E-state index is -3.25. The Balaban J connectivity index is 4.76. The van der Waals surface area contributed by atoms with Crippen molar-refractivity contribution in [2.75, 3.05) is 6.26 Å². The van der Waals surface area contributed by atoms with Gasteiger partial charge < -0.3 is 5.11 Å². The van der Waals surface area contributed by atoms with Crippen molar-refractivity contribution < 1.29 is 13.5 Å². The number of aliphatic hydroxyl groups excluding tert-OH is 1. The zero-order valence-electron chi connectivity index (χ0n) is 5.51. The zero-order chi connectivity index (χ0) is 8.58. The van der Waals surface area contributed by atoms with Gasteiger partial charge in [-0.15, -0.1) is 0 Å². The molecule has 0 amide bonds. The highest BCUT2D eigenvalue weighted by Crippen LogP contribution is 2.36. The zero-order valence-corrected chi connectivity index (χ0v) is 10.1. The summed E-state index contributed by atoms with van der Waals surface area (Å²) in [5.41, 5.74) is 0. The number of hydrogen-bond acceptors (Lipinski definition) is 3. The van der Waals surface area contributed by atoms with Crippen LogP contribution >= 0.6 is 38.5 Å². The number of alkyl halides is 2. The molecule has 6 heteroatoms. The van der Waals surface area contributed by atoms with Crippen molar-refractivity contribution in [3.63, 3.8) is 0 Å². The van der Waals surface area contributed by atoms with Gasteiger partial charge in [-0.05, 0) is 29.5 Å². The monoisotopic (exact) mass is 342 g/mol. The minimum absolute atomic E-state index is 0.928. The largest absolute Gasteiger partial charge is 0.390 e. The molecule has 3 nitrogen and oxygen atoms in total. The van der Waals surface area contributed by atoms with E-state index in [0.717, 1.165) is 6.26 Å². The van der Waals surface area contributed by atoms with E-state index in [2.05, 4.69) is 15.9 Å². The quantitative estimate of drug-likeness (QED) is 0.599. The molecule has 0 saturated carbocycles. The fraction of sp³-hybridized carbons (Fsp3) is 1.00. The van der Waals surface area contributed by atoms with Crippen molar-refractivity contribution in [3.8, 4) is 0 Å². The van der Waals surface area contributed by atoms with Gasteiger partial charge in [0, 0.05) is 6.26 Å². The molecule has 0 bridgehead atoms. The average Bonchev–Trinajstić information content (AvgIpc) is 1.62. The molecule has 0 aromatic carbocycles. The lowest BCUT2D eigenvalue weighted by molar-refractivity contribution is 0.208. The minimum Gasteiger partial charge on any atom is -0.390 e. The van der Waals surface area contributed by atoms with Crippen molar-refractivity contribution >= 4 is 48.4 Å². The Kier molecular flexibility index (Phi) is 3.60. The topological polar surface area (TPSA) is 54.4 Å². The van der Waals surface area contributed by atoms with Crippen LogP contribution in [0.5, 0.6) is 0 Å². The predicted molar refractivity (Wildman–Crippen MR) is 52.2 cm³/mol. The van der Waals surface area contributed by atoms with Crippen LogP contribution in [-0.4, -0.2) is 27.5 Å². The highest BCUT2D eigenvalue weighted by atomic mass is 127. The van der Waals surface area contributed by atoms with Gasteiger partial charge in [-0.25, -0.2) is 8.42 Å². The molecule has 0 aromatic rings. The maximum atomic E-state index is 10.9. The Morgan fingerprint density at radius 1 is 1.70 bits per heavy atom. The van der Waals surface area contributed by atoms with Crippen molar-refractivity contribution in [2.24, 2.45) is 0 Å². The molecule has 0 rings (SSSR count). The maximum absolute atomic E-state index is 10.9. The number of aliphatic hydroxyl groups is 1. The van der Waals surface area contributed by atoms with Gasteiger partial charge >= 0.3 is 0 Å². The van der Waals surface area contributed by atoms with E-state index in [1.165, 1.54) is 6.92 Å². The van der Waals surface area contributed by atoms with Gasteiger partial charge in [-0.1, -0.05) is 15.9 Å². The lowest BCUT2D eigenvalue weighted by atomic mass is 10.5. The third-order valence-corrected chi connectivity index (χ3v) is 8.04. The first kappa shape index (κ1) is 11.1. The van der Waals surface area contributed by atoms with Crippen molar-refractivity contribution in [1.29, 1.82) is 0 Å². The van der Waals surface area contributed by atoms with Crippen LogP contribution in [-0.2, 0) is 9.84 Å². The molecular formula is C4H8BrIO3S. The average molecular weight is 343 g/mol. The van der Waals surface area contributed by atoms with E-state index in [1.54, 1.807) is 22.6 Å². The Hall–Kier alpha value is 1.12. The Morgan fingerprint density at radius 3 is 2.00 bits per heavy atom. The predicted octanol–water partition coefficient (Wildman–Crippen LogP) is 0.895. The fourth-order valence-corrected chi connectivity index (χ4v) is 0.929. The molecule has 0 radical (unpaired) electrons. The van der Waals surface area contributed by atoms with E-state index in [1.807, 2.05) is 0 Å². The molecule has 0 heterocycles. The lowest BCUT2D eigenvalue weighted by Gasteiger charge is -2.20. The standard InChI is InChI=1S/C4H8BrIO3S/c1-3(7)4(5,6)10(2,8)9/h3,7H,1-2H3. The van der Waals surface area contributed by atoms with E-state index < -0.39 is 17.6 Å². The Bertz CT molecular complexity index is 209. The number of hydrogen-bond donors (Lipinski definition) is 1. The molecular weight excluding hydrogens is 335 g/mol. The third kappa shape index (κ3) is 2.31. The Morgan fingerprint density at radius 2 is 2.00 bits per heavy atom. The summed E-state index contributed by atoms with van der Waals surface area (Å²) in [7, 11) is -3.25. The van der Waals surface area contributed by atoms with E-state index in [4.69, 9.17) is 5.11 Å². The molecule has 0 saturated heterocycles. The summed E-state index contributed by atoms with van der Waals surface area (Å²) in [6.45, 7) is 1.42. The first-order valence-corrected chi connectivity index (χ1v) is 6.21. The fourth-order valence-electron chi connectivity index (χ4n) is 0.310. The number of rotatable bonds is 2. The summed E-state index contributed by atoms with van der Waals surface area (Å²) in [5, 5.41) is 8.98. The molecule has 62 valence electrons. The van der Waals surface area contributed by atoms with Gasteiger partial charge in [0.15, 0.2) is 9.84 Å². The first-order valence-electron chi connectivity index (χ1n) is 2.45. The molecule has 0 aliphatic carbocycles. The molecule has 1 N–H and O–H groups in total. The van der Waals surface area contributed by atoms with E-state index in [0.29, 0.717) is 0 Å². The van der Waals surface area contributed by atoms with Gasteiger partial charge in [0.05, 0.1) is 6.10 Å². The summed E-state index contributed by atoms with van der Waals surface area (Å²) in [5.74, 6) is 0. The van der Waals surface area contributed by atoms with Crippen LogP contribution in [0.2, 0.25) is 0 Å². The van der Waals surface area contributed by atoms with Crippen molar-refractivity contribution in [1.82, 2.24) is 0 Å². The van der Waals surface area contributed by atoms with Crippen molar-refractivity contribution in [2.45, 2.75) is 14.7 Å². The number of halogens is 2. The molecule has 0 aromatic heterocycles. The van der Waals surface area contributed by atoms with Crippen LogP contribution in [0, 0.1) is 0 Å². The van der Waals surface area contributed by atoms with Gasteiger partial charge in [0.25, 0.3) is 0 Å². The van der Waals surface area contributed by atoms with Crippen LogP contribution in [0.15, 0.2) is 0 Å². The highest BCUT2D eigenvalue weighted by molar-refractivity contribution is 14.1. The maximum Gasteiger partial charge on any atom is 0.202 e. The summed E-state index contributed by atoms with van der Waals surface area (Å²) in [6, 6.07) is 0. The van der Waals surface area contributed by atoms with Gasteiger partial charge in [0.1, 0.15) is 0 Å². The van der Waals surface area contributed by atoms with Gasteiger partial charge in [-0.2, -0.15) is 0 Å². The SMILES string of the molecule is CC(O)C(Br)(I)S(C)(=O)=O. The first-order chi connectivity index (χ1) is 4.19. The summed E-state index contributed by atoms with van der Waals surface area (Å²) >= 11 is 4.57. The van der Waals surface area contributed by atoms with Crippen LogP contribution in [0.4, 0.5) is 0 Å². The van der Waals surface area contributed by atoms with Crippen LogP contribution < -0.4 is 0 Å². The molecule has 0 aliphatic rings. The second-order valence-corrected chi connectivity index (χ2v) is 9.89. The Labute approximate surface area is 82.4 Å². The molecule has 2 unspecified atom stereocenters. The van der Waals surface area contributed by atoms with Crippen LogP contribution in [0.3, 0.4) is 0 Å². The molecule has 0 aliphatic heterocycles. The molecule has 2 atom stereocenters. The lowest BCUT2D eigenvalue weighted by Crippen LogP contribution is -2.35. The molecule has 0 fully saturated rings. The van der Waals surface area contributed by atoms with Crippen LogP contribution in [0.1, 0.15) is 6.92 Å². The second kappa shape index (κ2) is 3.24.